The summed E-state index contributed by atoms with van der Waals surface area (Å²) in [7, 11) is 0. The number of hydrogen-bond acceptors (Lipinski definition) is 7. The Labute approximate surface area is 216 Å². The number of anilines is 1. The van der Waals surface area contributed by atoms with E-state index in [0.29, 0.717) is 23.8 Å². The molecule has 1 saturated carbocycles. The van der Waals surface area contributed by atoms with Crippen LogP contribution in [0.15, 0.2) is 60.9 Å². The number of aromatic nitrogens is 2. The molecule has 0 amide bonds. The van der Waals surface area contributed by atoms with E-state index in [9.17, 15) is 0 Å². The lowest BCUT2D eigenvalue weighted by molar-refractivity contribution is 0.115. The highest BCUT2D eigenvalue weighted by atomic mass is 32.1. The molecule has 1 aliphatic carbocycles. The van der Waals surface area contributed by atoms with Gasteiger partial charge in [0.2, 0.25) is 0 Å². The normalized spacial score (nSPS) is 23.1. The Morgan fingerprint density at radius 1 is 0.972 bits per heavy atom. The zero-order chi connectivity index (χ0) is 24.5. The second kappa shape index (κ2) is 10.2. The number of thiophene rings is 1. The van der Waals surface area contributed by atoms with Crippen molar-refractivity contribution in [2.75, 3.05) is 25.4 Å². The molecule has 2 fully saturated rings. The maximum atomic E-state index is 6.42. The van der Waals surface area contributed by atoms with Crippen molar-refractivity contribution in [2.45, 2.75) is 50.6 Å². The fourth-order valence-corrected chi connectivity index (χ4v) is 7.23. The Morgan fingerprint density at radius 3 is 2.47 bits per heavy atom. The van der Waals surface area contributed by atoms with Crippen LogP contribution in [0.2, 0.25) is 0 Å². The minimum absolute atomic E-state index is 0.526. The first-order valence-electron chi connectivity index (χ1n) is 13.0. The van der Waals surface area contributed by atoms with Gasteiger partial charge in [-0.3, -0.25) is 4.90 Å². The Morgan fingerprint density at radius 2 is 1.72 bits per heavy atom. The fourth-order valence-electron chi connectivity index (χ4n) is 5.80. The molecule has 7 heteroatoms. The molecule has 1 saturated heterocycles. The Hall–Kier alpha value is -3.00. The molecule has 3 N–H and O–H groups in total. The molecule has 2 aromatic carbocycles. The van der Waals surface area contributed by atoms with Gasteiger partial charge >= 0.3 is 0 Å². The van der Waals surface area contributed by atoms with Crippen molar-refractivity contribution in [2.24, 2.45) is 0 Å². The molecular weight excluding hydrogens is 466 g/mol. The molecule has 6 rings (SSSR count). The Bertz CT molecular complexity index is 1320. The second-order valence-corrected chi connectivity index (χ2v) is 11.1. The molecule has 1 atom stereocenters. The van der Waals surface area contributed by atoms with Crippen molar-refractivity contribution in [3.05, 3.63) is 65.8 Å². The number of nitrogens with zero attached hydrogens (tertiary/aromatic N) is 3. The maximum absolute atomic E-state index is 6.42. The number of hydrogen-bond donors (Lipinski definition) is 2. The van der Waals surface area contributed by atoms with E-state index in [1.807, 2.05) is 53.8 Å². The van der Waals surface area contributed by atoms with Gasteiger partial charge < -0.3 is 15.8 Å². The van der Waals surface area contributed by atoms with Gasteiger partial charge in [0.25, 0.3) is 0 Å². The number of piperazine rings is 1. The topological polar surface area (TPSA) is 76.3 Å². The maximum Gasteiger partial charge on any atom is 0.136 e. The molecule has 0 spiro atoms. The SMILES string of the molecule is C[C@@H]1CN(C2CCC(c3sc(-c4ccc(Oc5ccccc5)cc4)c4c(N)ncnc34)CC2)CCN1. The third-order valence-corrected chi connectivity index (χ3v) is 9.02. The summed E-state index contributed by atoms with van der Waals surface area (Å²) < 4.78 is 5.99. The zero-order valence-electron chi connectivity index (χ0n) is 20.7. The second-order valence-electron chi connectivity index (χ2n) is 10.1. The average Bonchev–Trinajstić information content (AvgIpc) is 3.31. The molecule has 2 aromatic heterocycles. The zero-order valence-corrected chi connectivity index (χ0v) is 21.5. The number of fused-ring (bicyclic) bond motifs is 1. The van der Waals surface area contributed by atoms with E-state index in [-0.39, 0.29) is 0 Å². The summed E-state index contributed by atoms with van der Waals surface area (Å²) in [5.41, 5.74) is 8.58. The minimum atomic E-state index is 0.526. The third-order valence-electron chi connectivity index (χ3n) is 7.63. The van der Waals surface area contributed by atoms with Gasteiger partial charge in [0, 0.05) is 41.5 Å². The number of nitrogens with one attached hydrogen (secondary N) is 1. The van der Waals surface area contributed by atoms with Crippen LogP contribution in [0.4, 0.5) is 5.82 Å². The van der Waals surface area contributed by atoms with Crippen LogP contribution in [0, 0.1) is 0 Å². The van der Waals surface area contributed by atoms with Crippen molar-refractivity contribution >= 4 is 28.1 Å². The van der Waals surface area contributed by atoms with Gasteiger partial charge in [-0.15, -0.1) is 11.3 Å². The summed E-state index contributed by atoms with van der Waals surface area (Å²) >= 11 is 1.85. The van der Waals surface area contributed by atoms with Crippen molar-refractivity contribution in [3.63, 3.8) is 0 Å². The number of ether oxygens (including phenoxy) is 1. The van der Waals surface area contributed by atoms with E-state index < -0.39 is 0 Å². The largest absolute Gasteiger partial charge is 0.457 e. The predicted octanol–water partition coefficient (Wildman–Crippen LogP) is 6.05. The smallest absolute Gasteiger partial charge is 0.136 e. The predicted molar refractivity (Wildman–Crippen MR) is 148 cm³/mol. The van der Waals surface area contributed by atoms with Crippen LogP contribution >= 0.6 is 11.3 Å². The summed E-state index contributed by atoms with van der Waals surface area (Å²) in [6, 6.07) is 19.4. The van der Waals surface area contributed by atoms with Crippen LogP contribution in [0.3, 0.4) is 0 Å². The summed E-state index contributed by atoms with van der Waals surface area (Å²) in [5.74, 6) is 2.73. The monoisotopic (exact) mass is 499 g/mol. The highest BCUT2D eigenvalue weighted by molar-refractivity contribution is 7.17. The van der Waals surface area contributed by atoms with E-state index in [1.54, 1.807) is 6.33 Å². The average molecular weight is 500 g/mol. The van der Waals surface area contributed by atoms with Crippen LogP contribution in [0.25, 0.3) is 21.3 Å². The lowest BCUT2D eigenvalue weighted by Crippen LogP contribution is -2.53. The van der Waals surface area contributed by atoms with Crippen LogP contribution in [-0.2, 0) is 0 Å². The molecule has 0 bridgehead atoms. The lowest BCUT2D eigenvalue weighted by Gasteiger charge is -2.41. The van der Waals surface area contributed by atoms with Crippen LogP contribution in [-0.4, -0.2) is 46.6 Å². The quantitative estimate of drug-likeness (QED) is 0.348. The molecule has 1 aliphatic heterocycles. The summed E-state index contributed by atoms with van der Waals surface area (Å²) in [5, 5.41) is 4.56. The van der Waals surface area contributed by atoms with Crippen LogP contribution in [0.1, 0.15) is 43.4 Å². The number of rotatable bonds is 5. The van der Waals surface area contributed by atoms with Gasteiger partial charge in [0.15, 0.2) is 0 Å². The minimum Gasteiger partial charge on any atom is -0.457 e. The van der Waals surface area contributed by atoms with E-state index in [1.165, 1.54) is 37.1 Å². The third kappa shape index (κ3) is 4.71. The Kier molecular flexibility index (Phi) is 6.61. The van der Waals surface area contributed by atoms with Gasteiger partial charge in [-0.1, -0.05) is 18.2 Å². The van der Waals surface area contributed by atoms with E-state index >= 15 is 0 Å². The first-order valence-corrected chi connectivity index (χ1v) is 13.8. The first kappa shape index (κ1) is 23.4. The molecule has 186 valence electrons. The molecule has 2 aliphatic rings. The van der Waals surface area contributed by atoms with Gasteiger partial charge in [0.1, 0.15) is 23.6 Å². The van der Waals surface area contributed by atoms with E-state index in [2.05, 4.69) is 34.3 Å². The van der Waals surface area contributed by atoms with Crippen LogP contribution in [0.5, 0.6) is 11.5 Å². The van der Waals surface area contributed by atoms with Crippen molar-refractivity contribution in [3.8, 4) is 21.9 Å². The molecule has 6 nitrogen and oxygen atoms in total. The lowest BCUT2D eigenvalue weighted by atomic mass is 9.83. The van der Waals surface area contributed by atoms with Gasteiger partial charge in [-0.2, -0.15) is 0 Å². The van der Waals surface area contributed by atoms with Gasteiger partial charge in [-0.05, 0) is 80.5 Å². The summed E-state index contributed by atoms with van der Waals surface area (Å²) in [6.07, 6.45) is 6.51. The molecular formula is C29H33N5OS. The molecule has 36 heavy (non-hydrogen) atoms. The first-order chi connectivity index (χ1) is 17.7. The highest BCUT2D eigenvalue weighted by Crippen LogP contribution is 2.47. The fraction of sp³-hybridized carbons (Fsp3) is 0.379. The summed E-state index contributed by atoms with van der Waals surface area (Å²) in [4.78, 5) is 14.3. The number of benzene rings is 2. The van der Waals surface area contributed by atoms with Gasteiger partial charge in [-0.25, -0.2) is 9.97 Å². The Balaban J connectivity index is 1.25. The molecule has 0 unspecified atom stereocenters. The van der Waals surface area contributed by atoms with Gasteiger partial charge in [0.05, 0.1) is 10.9 Å². The number of nitrogen functional groups attached to an aromatic ring is 1. The standard InChI is InChI=1S/C29H33N5OS/c1-19-17-34(16-15-31-19)22-11-7-21(8-12-22)28-26-25(29(30)33-18-32-26)27(36-28)20-9-13-24(14-10-20)35-23-5-3-2-4-6-23/h2-6,9-10,13-14,18-19,21-22,31H,7-8,11-12,15-17H2,1H3,(H2,30,32,33)/t19-,21?,22?/m1/s1. The number of nitrogens with two attached hydrogens (primary N) is 1. The molecule has 4 aromatic rings. The highest BCUT2D eigenvalue weighted by Gasteiger charge is 2.31. The van der Waals surface area contributed by atoms with E-state index in [4.69, 9.17) is 15.5 Å². The van der Waals surface area contributed by atoms with Crippen molar-refractivity contribution in [1.29, 1.82) is 0 Å². The molecule has 0 radical (unpaired) electrons. The summed E-state index contributed by atoms with van der Waals surface area (Å²) in [6.45, 7) is 5.72. The number of para-hydroxylation sites is 1. The van der Waals surface area contributed by atoms with Crippen molar-refractivity contribution < 1.29 is 4.74 Å². The molecule has 3 heterocycles. The van der Waals surface area contributed by atoms with E-state index in [0.717, 1.165) is 45.9 Å². The van der Waals surface area contributed by atoms with Crippen LogP contribution < -0.4 is 15.8 Å². The van der Waals surface area contributed by atoms with Crippen molar-refractivity contribution in [1.82, 2.24) is 20.2 Å².